The lowest BCUT2D eigenvalue weighted by molar-refractivity contribution is 0.269. The Morgan fingerprint density at radius 3 is 2.62 bits per heavy atom. The highest BCUT2D eigenvalue weighted by Crippen LogP contribution is 2.28. The van der Waals surface area contributed by atoms with Gasteiger partial charge >= 0.3 is 5.69 Å². The standard InChI is InChI=1S/C20H24N4O3S2/c1-14-5-6-17(15(2)12-14)29(26,27)23-9-7-16(8-10-23)13-18-21-22-20(25)24(18)19-4-3-11-28-19/h3-6,11-12,16H,7-10,13H2,1-2H3,(H,22,25). The molecule has 1 N–H and O–H groups in total. The summed E-state index contributed by atoms with van der Waals surface area (Å²) >= 11 is 1.49. The summed E-state index contributed by atoms with van der Waals surface area (Å²) < 4.78 is 29.3. The number of aryl methyl sites for hydroxylation is 2. The van der Waals surface area contributed by atoms with Gasteiger partial charge in [-0.05, 0) is 61.7 Å². The van der Waals surface area contributed by atoms with E-state index in [9.17, 15) is 13.2 Å². The molecule has 1 fully saturated rings. The van der Waals surface area contributed by atoms with Crippen molar-refractivity contribution in [1.29, 1.82) is 0 Å². The number of piperidine rings is 1. The molecule has 0 radical (unpaired) electrons. The second kappa shape index (κ2) is 7.89. The third-order valence-corrected chi connectivity index (χ3v) is 8.37. The summed E-state index contributed by atoms with van der Waals surface area (Å²) in [4.78, 5) is 12.5. The number of H-pyrrole nitrogens is 1. The summed E-state index contributed by atoms with van der Waals surface area (Å²) in [6.45, 7) is 4.76. The quantitative estimate of drug-likeness (QED) is 0.671. The lowest BCUT2D eigenvalue weighted by Crippen LogP contribution is -2.39. The first kappa shape index (κ1) is 20.1. The van der Waals surface area contributed by atoms with Gasteiger partial charge in [-0.15, -0.1) is 11.3 Å². The summed E-state index contributed by atoms with van der Waals surface area (Å²) in [6, 6.07) is 9.24. The highest BCUT2D eigenvalue weighted by atomic mass is 32.2. The Hall–Kier alpha value is -2.23. The van der Waals surface area contributed by atoms with E-state index < -0.39 is 10.0 Å². The van der Waals surface area contributed by atoms with E-state index in [1.807, 2.05) is 43.5 Å². The van der Waals surface area contributed by atoms with Crippen molar-refractivity contribution in [3.8, 4) is 5.00 Å². The number of hydrogen-bond acceptors (Lipinski definition) is 5. The van der Waals surface area contributed by atoms with E-state index in [1.165, 1.54) is 11.3 Å². The van der Waals surface area contributed by atoms with E-state index in [2.05, 4.69) is 10.2 Å². The van der Waals surface area contributed by atoms with Crippen molar-refractivity contribution in [2.45, 2.75) is 38.0 Å². The molecule has 9 heteroatoms. The van der Waals surface area contributed by atoms with Gasteiger partial charge in [0.2, 0.25) is 10.0 Å². The van der Waals surface area contributed by atoms with Gasteiger partial charge in [-0.1, -0.05) is 17.7 Å². The number of nitrogens with one attached hydrogen (secondary N) is 1. The fourth-order valence-corrected chi connectivity index (χ4v) is 6.35. The van der Waals surface area contributed by atoms with Gasteiger partial charge in [0.05, 0.1) is 4.90 Å². The lowest BCUT2D eigenvalue weighted by atomic mass is 9.94. The highest BCUT2D eigenvalue weighted by molar-refractivity contribution is 7.89. The fourth-order valence-electron chi connectivity index (χ4n) is 3.93. The SMILES string of the molecule is Cc1ccc(S(=O)(=O)N2CCC(Cc3n[nH]c(=O)n3-c3cccs3)CC2)c(C)c1. The number of thiophene rings is 1. The van der Waals surface area contributed by atoms with Crippen LogP contribution in [0.4, 0.5) is 0 Å². The molecule has 1 saturated heterocycles. The summed E-state index contributed by atoms with van der Waals surface area (Å²) in [5.41, 5.74) is 1.59. The zero-order valence-corrected chi connectivity index (χ0v) is 18.1. The van der Waals surface area contributed by atoms with Crippen molar-refractivity contribution in [2.75, 3.05) is 13.1 Å². The number of hydrogen-bond donors (Lipinski definition) is 1. The molecule has 0 aliphatic carbocycles. The summed E-state index contributed by atoms with van der Waals surface area (Å²) in [5.74, 6) is 0.989. The van der Waals surface area contributed by atoms with E-state index in [0.717, 1.165) is 29.0 Å². The van der Waals surface area contributed by atoms with Crippen molar-refractivity contribution in [3.63, 3.8) is 0 Å². The summed E-state index contributed by atoms with van der Waals surface area (Å²) in [6.07, 6.45) is 2.14. The molecule has 0 bridgehead atoms. The minimum absolute atomic E-state index is 0.239. The van der Waals surface area contributed by atoms with E-state index >= 15 is 0 Å². The molecule has 0 spiro atoms. The molecule has 0 amide bonds. The van der Waals surface area contributed by atoms with Crippen molar-refractivity contribution in [3.05, 3.63) is 63.1 Å². The molecular weight excluding hydrogens is 408 g/mol. The normalized spacial score (nSPS) is 16.3. The van der Waals surface area contributed by atoms with E-state index in [0.29, 0.717) is 30.2 Å². The Bertz CT molecular complexity index is 1150. The van der Waals surface area contributed by atoms with Crippen LogP contribution >= 0.6 is 11.3 Å². The van der Waals surface area contributed by atoms with Crippen LogP contribution in [-0.4, -0.2) is 40.6 Å². The number of rotatable bonds is 5. The van der Waals surface area contributed by atoms with Gasteiger partial charge < -0.3 is 0 Å². The maximum absolute atomic E-state index is 13.1. The van der Waals surface area contributed by atoms with Gasteiger partial charge in [-0.2, -0.15) is 9.40 Å². The van der Waals surface area contributed by atoms with Crippen molar-refractivity contribution in [1.82, 2.24) is 19.1 Å². The van der Waals surface area contributed by atoms with E-state index in [1.54, 1.807) is 14.9 Å². The Morgan fingerprint density at radius 1 is 1.21 bits per heavy atom. The Morgan fingerprint density at radius 2 is 1.97 bits per heavy atom. The predicted octanol–water partition coefficient (Wildman–Crippen LogP) is 2.88. The average molecular weight is 433 g/mol. The number of benzene rings is 1. The third kappa shape index (κ3) is 3.94. The molecule has 7 nitrogen and oxygen atoms in total. The average Bonchev–Trinajstić information content (AvgIpc) is 3.31. The van der Waals surface area contributed by atoms with Crippen LogP contribution in [0, 0.1) is 19.8 Å². The number of aromatic nitrogens is 3. The molecule has 4 rings (SSSR count). The largest absolute Gasteiger partial charge is 0.348 e. The van der Waals surface area contributed by atoms with Gasteiger partial charge in [0.15, 0.2) is 0 Å². The molecule has 0 saturated carbocycles. The van der Waals surface area contributed by atoms with Gasteiger partial charge in [0.1, 0.15) is 10.8 Å². The highest BCUT2D eigenvalue weighted by Gasteiger charge is 2.31. The first-order valence-electron chi connectivity index (χ1n) is 9.64. The fraction of sp³-hybridized carbons (Fsp3) is 0.400. The van der Waals surface area contributed by atoms with Crippen molar-refractivity contribution >= 4 is 21.4 Å². The third-order valence-electron chi connectivity index (χ3n) is 5.46. The predicted molar refractivity (Wildman–Crippen MR) is 113 cm³/mol. The molecule has 154 valence electrons. The van der Waals surface area contributed by atoms with E-state index in [-0.39, 0.29) is 11.6 Å². The van der Waals surface area contributed by atoms with Crippen LogP contribution in [0.1, 0.15) is 29.8 Å². The van der Waals surface area contributed by atoms with Gasteiger partial charge in [-0.25, -0.2) is 22.9 Å². The molecule has 2 aromatic heterocycles. The molecule has 1 aliphatic heterocycles. The van der Waals surface area contributed by atoms with Gasteiger partial charge in [-0.3, -0.25) is 0 Å². The first-order valence-corrected chi connectivity index (χ1v) is 12.0. The lowest BCUT2D eigenvalue weighted by Gasteiger charge is -2.31. The van der Waals surface area contributed by atoms with Gasteiger partial charge in [0.25, 0.3) is 0 Å². The van der Waals surface area contributed by atoms with E-state index in [4.69, 9.17) is 0 Å². The molecule has 3 aromatic rings. The van der Waals surface area contributed by atoms with Crippen LogP contribution in [0.5, 0.6) is 0 Å². The smallest absolute Gasteiger partial charge is 0.246 e. The molecule has 0 atom stereocenters. The van der Waals surface area contributed by atoms with Crippen molar-refractivity contribution < 1.29 is 8.42 Å². The molecule has 3 heterocycles. The maximum atomic E-state index is 13.1. The Kier molecular flexibility index (Phi) is 5.46. The Labute approximate surface area is 174 Å². The van der Waals surface area contributed by atoms with Crippen LogP contribution in [0.2, 0.25) is 0 Å². The molecule has 1 aromatic carbocycles. The zero-order valence-electron chi connectivity index (χ0n) is 16.5. The summed E-state index contributed by atoms with van der Waals surface area (Å²) in [7, 11) is -3.49. The zero-order chi connectivity index (χ0) is 20.6. The molecule has 29 heavy (non-hydrogen) atoms. The topological polar surface area (TPSA) is 88.1 Å². The molecule has 0 unspecified atom stereocenters. The second-order valence-corrected chi connectivity index (χ2v) is 10.4. The summed E-state index contributed by atoms with van der Waals surface area (Å²) in [5, 5.41) is 9.51. The van der Waals surface area contributed by atoms with Crippen LogP contribution in [0.15, 0.2) is 45.4 Å². The Balaban J connectivity index is 1.46. The molecular formula is C20H24N4O3S2. The number of nitrogens with zero attached hydrogens (tertiary/aromatic N) is 3. The van der Waals surface area contributed by atoms with Crippen LogP contribution in [0.25, 0.3) is 5.00 Å². The maximum Gasteiger partial charge on any atom is 0.348 e. The van der Waals surface area contributed by atoms with Crippen molar-refractivity contribution in [2.24, 2.45) is 5.92 Å². The van der Waals surface area contributed by atoms with Crippen LogP contribution in [-0.2, 0) is 16.4 Å². The minimum atomic E-state index is -3.49. The molecule has 1 aliphatic rings. The number of sulfonamides is 1. The minimum Gasteiger partial charge on any atom is -0.246 e. The number of aromatic amines is 1. The first-order chi connectivity index (χ1) is 13.9. The second-order valence-electron chi connectivity index (χ2n) is 7.55. The van der Waals surface area contributed by atoms with Gasteiger partial charge in [0, 0.05) is 19.5 Å². The van der Waals surface area contributed by atoms with Crippen LogP contribution in [0.3, 0.4) is 0 Å². The van der Waals surface area contributed by atoms with Crippen LogP contribution < -0.4 is 5.69 Å². The monoisotopic (exact) mass is 432 g/mol.